The lowest BCUT2D eigenvalue weighted by Crippen LogP contribution is -2.13. The van der Waals surface area contributed by atoms with Crippen LogP contribution in [0.1, 0.15) is 90.0 Å². The van der Waals surface area contributed by atoms with E-state index in [1.165, 1.54) is 63.4 Å². The van der Waals surface area contributed by atoms with Gasteiger partial charge in [0.15, 0.2) is 0 Å². The van der Waals surface area contributed by atoms with Crippen LogP contribution in [0.15, 0.2) is 36.4 Å². The summed E-state index contributed by atoms with van der Waals surface area (Å²) in [6, 6.07) is 8.68. The number of hydrogen-bond donors (Lipinski definition) is 0. The molecule has 1 aliphatic carbocycles. The molecule has 0 aliphatic heterocycles. The van der Waals surface area contributed by atoms with E-state index in [1.54, 1.807) is 0 Å². The Morgan fingerprint density at radius 2 is 1.65 bits per heavy atom. The van der Waals surface area contributed by atoms with Crippen LogP contribution in [0.2, 0.25) is 0 Å². The van der Waals surface area contributed by atoms with Gasteiger partial charge in [-0.05, 0) is 74.5 Å². The molecule has 0 atom stereocenters. The molecule has 26 heavy (non-hydrogen) atoms. The topological polar surface area (TPSA) is 9.23 Å². The lowest BCUT2D eigenvalue weighted by atomic mass is 9.79. The molecule has 1 fully saturated rings. The molecule has 0 aromatic heterocycles. The van der Waals surface area contributed by atoms with E-state index >= 15 is 0 Å². The highest BCUT2D eigenvalue weighted by molar-refractivity contribution is 5.27. The highest BCUT2D eigenvalue weighted by Crippen LogP contribution is 2.32. The van der Waals surface area contributed by atoms with Crippen LogP contribution < -0.4 is 4.74 Å². The molecule has 0 heterocycles. The molecule has 0 amide bonds. The Kier molecular flexibility index (Phi) is 10.5. The molecule has 0 radical (unpaired) electrons. The quantitative estimate of drug-likeness (QED) is 0.275. The third kappa shape index (κ3) is 8.43. The van der Waals surface area contributed by atoms with Crippen LogP contribution in [0.4, 0.5) is 0 Å². The van der Waals surface area contributed by atoms with Gasteiger partial charge in [-0.25, -0.2) is 0 Å². The fraction of sp³-hybridized carbons (Fsp3) is 0.680. The number of allylic oxidation sites excluding steroid dienone is 2. The zero-order valence-corrected chi connectivity index (χ0v) is 17.2. The lowest BCUT2D eigenvalue weighted by Gasteiger charge is -2.26. The van der Waals surface area contributed by atoms with Gasteiger partial charge in [0.2, 0.25) is 0 Å². The Morgan fingerprint density at radius 3 is 2.35 bits per heavy atom. The first-order chi connectivity index (χ1) is 12.8. The SMILES string of the molecule is CCCCCC1CCC(/C=C/CCc2ccc(OCCCC)cc2)CC1. The van der Waals surface area contributed by atoms with Crippen molar-refractivity contribution in [3.05, 3.63) is 42.0 Å². The Labute approximate surface area is 162 Å². The van der Waals surface area contributed by atoms with E-state index in [0.29, 0.717) is 0 Å². The van der Waals surface area contributed by atoms with Gasteiger partial charge in [0, 0.05) is 0 Å². The van der Waals surface area contributed by atoms with Gasteiger partial charge in [-0.15, -0.1) is 0 Å². The standard InChI is InChI=1S/C25H40O/c1-3-5-7-10-22-13-15-23(16-14-22)11-8-9-12-24-17-19-25(20-18-24)26-21-6-4-2/h8,11,17-20,22-23H,3-7,9-10,12-16,21H2,1-2H3/b11-8+. The summed E-state index contributed by atoms with van der Waals surface area (Å²) >= 11 is 0. The number of rotatable bonds is 12. The molecule has 1 saturated carbocycles. The van der Waals surface area contributed by atoms with Gasteiger partial charge in [-0.2, -0.15) is 0 Å². The molecule has 0 bridgehead atoms. The minimum atomic E-state index is 0.833. The molecule has 1 aromatic rings. The zero-order valence-electron chi connectivity index (χ0n) is 17.2. The van der Waals surface area contributed by atoms with Crippen LogP contribution in [-0.4, -0.2) is 6.61 Å². The van der Waals surface area contributed by atoms with Crippen LogP contribution in [0.25, 0.3) is 0 Å². The predicted octanol–water partition coefficient (Wildman–Crippen LogP) is 7.74. The van der Waals surface area contributed by atoms with Gasteiger partial charge in [0.1, 0.15) is 5.75 Å². The van der Waals surface area contributed by atoms with E-state index in [2.05, 4.69) is 50.3 Å². The molecule has 2 rings (SSSR count). The van der Waals surface area contributed by atoms with Crippen LogP contribution in [0.3, 0.4) is 0 Å². The highest BCUT2D eigenvalue weighted by Gasteiger charge is 2.18. The fourth-order valence-corrected chi connectivity index (χ4v) is 3.98. The van der Waals surface area contributed by atoms with Crippen molar-refractivity contribution in [2.75, 3.05) is 6.61 Å². The molecular formula is C25H40O. The number of benzene rings is 1. The van der Waals surface area contributed by atoms with Gasteiger partial charge >= 0.3 is 0 Å². The normalized spacial score (nSPS) is 20.5. The van der Waals surface area contributed by atoms with Crippen LogP contribution in [0.5, 0.6) is 5.75 Å². The van der Waals surface area contributed by atoms with Gasteiger partial charge < -0.3 is 4.74 Å². The Bertz CT molecular complexity index is 479. The number of unbranched alkanes of at least 4 members (excludes halogenated alkanes) is 3. The van der Waals surface area contributed by atoms with Crippen molar-refractivity contribution < 1.29 is 4.74 Å². The number of aryl methyl sites for hydroxylation is 1. The smallest absolute Gasteiger partial charge is 0.119 e. The Balaban J connectivity index is 1.59. The van der Waals surface area contributed by atoms with Crippen molar-refractivity contribution >= 4 is 0 Å². The molecule has 1 nitrogen and oxygen atoms in total. The summed E-state index contributed by atoms with van der Waals surface area (Å²) in [4.78, 5) is 0. The van der Waals surface area contributed by atoms with Crippen LogP contribution in [0, 0.1) is 11.8 Å². The minimum absolute atomic E-state index is 0.833. The highest BCUT2D eigenvalue weighted by atomic mass is 16.5. The van der Waals surface area contributed by atoms with E-state index in [0.717, 1.165) is 43.5 Å². The van der Waals surface area contributed by atoms with Crippen molar-refractivity contribution in [2.45, 2.75) is 90.9 Å². The minimum Gasteiger partial charge on any atom is -0.494 e. The summed E-state index contributed by atoms with van der Waals surface area (Å²) in [5.41, 5.74) is 1.41. The lowest BCUT2D eigenvalue weighted by molar-refractivity contribution is 0.289. The maximum absolute atomic E-state index is 5.73. The molecule has 1 aliphatic rings. The van der Waals surface area contributed by atoms with E-state index in [-0.39, 0.29) is 0 Å². The van der Waals surface area contributed by atoms with Gasteiger partial charge in [0.05, 0.1) is 6.61 Å². The second kappa shape index (κ2) is 13.0. The average molecular weight is 357 g/mol. The van der Waals surface area contributed by atoms with Crippen LogP contribution >= 0.6 is 0 Å². The largest absolute Gasteiger partial charge is 0.494 e. The van der Waals surface area contributed by atoms with E-state index < -0.39 is 0 Å². The molecule has 1 heteroatoms. The Hall–Kier alpha value is -1.24. The van der Waals surface area contributed by atoms with E-state index in [9.17, 15) is 0 Å². The molecular weight excluding hydrogens is 316 g/mol. The van der Waals surface area contributed by atoms with Crippen molar-refractivity contribution in [1.82, 2.24) is 0 Å². The number of hydrogen-bond acceptors (Lipinski definition) is 1. The summed E-state index contributed by atoms with van der Waals surface area (Å²) in [6.45, 7) is 5.33. The van der Waals surface area contributed by atoms with E-state index in [1.807, 2.05) is 0 Å². The molecule has 146 valence electrons. The average Bonchev–Trinajstić information content (AvgIpc) is 2.68. The molecule has 0 spiro atoms. The first-order valence-electron chi connectivity index (χ1n) is 11.2. The molecule has 0 N–H and O–H groups in total. The molecule has 1 aromatic carbocycles. The maximum Gasteiger partial charge on any atom is 0.119 e. The molecule has 0 saturated heterocycles. The first kappa shape index (κ1) is 21.1. The second-order valence-corrected chi connectivity index (χ2v) is 8.09. The third-order valence-electron chi connectivity index (χ3n) is 5.81. The van der Waals surface area contributed by atoms with Crippen molar-refractivity contribution in [3.8, 4) is 5.75 Å². The predicted molar refractivity (Wildman–Crippen MR) is 114 cm³/mol. The van der Waals surface area contributed by atoms with Gasteiger partial charge in [-0.3, -0.25) is 0 Å². The van der Waals surface area contributed by atoms with Crippen LogP contribution in [-0.2, 0) is 6.42 Å². The number of ether oxygens (including phenoxy) is 1. The van der Waals surface area contributed by atoms with Crippen molar-refractivity contribution in [2.24, 2.45) is 11.8 Å². The maximum atomic E-state index is 5.73. The Morgan fingerprint density at radius 1 is 0.923 bits per heavy atom. The second-order valence-electron chi connectivity index (χ2n) is 8.09. The zero-order chi connectivity index (χ0) is 18.5. The third-order valence-corrected chi connectivity index (χ3v) is 5.81. The van der Waals surface area contributed by atoms with Gasteiger partial charge in [0.25, 0.3) is 0 Å². The summed E-state index contributed by atoms with van der Waals surface area (Å²) in [6.07, 6.45) is 21.0. The summed E-state index contributed by atoms with van der Waals surface area (Å²) in [7, 11) is 0. The summed E-state index contributed by atoms with van der Waals surface area (Å²) < 4.78 is 5.73. The molecule has 0 unspecified atom stereocenters. The summed E-state index contributed by atoms with van der Waals surface area (Å²) in [5.74, 6) is 2.87. The monoisotopic (exact) mass is 356 g/mol. The fourth-order valence-electron chi connectivity index (χ4n) is 3.98. The van der Waals surface area contributed by atoms with Crippen molar-refractivity contribution in [3.63, 3.8) is 0 Å². The summed E-state index contributed by atoms with van der Waals surface area (Å²) in [5, 5.41) is 0. The van der Waals surface area contributed by atoms with E-state index in [4.69, 9.17) is 4.74 Å². The first-order valence-corrected chi connectivity index (χ1v) is 11.2. The van der Waals surface area contributed by atoms with Gasteiger partial charge in [-0.1, -0.05) is 70.2 Å². The van der Waals surface area contributed by atoms with Crippen molar-refractivity contribution in [1.29, 1.82) is 0 Å².